The minimum absolute atomic E-state index is 0.201. The van der Waals surface area contributed by atoms with Crippen LogP contribution in [0.2, 0.25) is 0 Å². The van der Waals surface area contributed by atoms with Gasteiger partial charge in [0.1, 0.15) is 17.0 Å². The Kier molecular flexibility index (Phi) is 6.29. The summed E-state index contributed by atoms with van der Waals surface area (Å²) in [6.45, 7) is 5.90. The zero-order valence-electron chi connectivity index (χ0n) is 18.7. The van der Waals surface area contributed by atoms with E-state index < -0.39 is 5.60 Å². The average Bonchev–Trinajstić information content (AvgIpc) is 3.16. The van der Waals surface area contributed by atoms with Crippen molar-refractivity contribution in [3.05, 3.63) is 60.6 Å². The fourth-order valence-electron chi connectivity index (χ4n) is 3.32. The van der Waals surface area contributed by atoms with E-state index in [0.29, 0.717) is 41.9 Å². The number of aromatic nitrogens is 5. The van der Waals surface area contributed by atoms with Crippen molar-refractivity contribution in [2.24, 2.45) is 0 Å². The van der Waals surface area contributed by atoms with E-state index in [1.807, 2.05) is 30.5 Å². The van der Waals surface area contributed by atoms with Gasteiger partial charge in [-0.3, -0.25) is 9.78 Å². The zero-order chi connectivity index (χ0) is 23.4. The third kappa shape index (κ3) is 5.68. The van der Waals surface area contributed by atoms with E-state index >= 15 is 0 Å². The second kappa shape index (κ2) is 9.31. The van der Waals surface area contributed by atoms with Gasteiger partial charge in [-0.2, -0.15) is 0 Å². The van der Waals surface area contributed by atoms with Crippen LogP contribution in [0, 0.1) is 0 Å². The highest BCUT2D eigenvalue weighted by molar-refractivity contribution is 5.88. The van der Waals surface area contributed by atoms with Crippen LogP contribution < -0.4 is 16.0 Å². The van der Waals surface area contributed by atoms with Crippen LogP contribution in [-0.4, -0.2) is 47.7 Å². The maximum atomic E-state index is 11.4. The SMILES string of the molecule is CC(=O)Nc1cc(Nc2nc(-c3ccccn3)nn3ccc(CNCC(C)(C)O)c23)ccn1. The Balaban J connectivity index is 1.74. The molecule has 170 valence electrons. The molecule has 0 aliphatic rings. The number of carbonyl (C=O) groups excluding carboxylic acids is 1. The molecule has 10 heteroatoms. The number of aliphatic hydroxyl groups is 1. The Morgan fingerprint density at radius 2 is 2.00 bits per heavy atom. The number of nitrogens with zero attached hydrogens (tertiary/aromatic N) is 5. The predicted octanol–water partition coefficient (Wildman–Crippen LogP) is 2.75. The molecule has 4 rings (SSSR count). The highest BCUT2D eigenvalue weighted by atomic mass is 16.3. The van der Waals surface area contributed by atoms with Gasteiger partial charge in [-0.1, -0.05) is 6.07 Å². The molecule has 0 saturated heterocycles. The molecule has 4 N–H and O–H groups in total. The molecule has 0 aliphatic heterocycles. The first kappa shape index (κ1) is 22.3. The number of nitrogens with one attached hydrogen (secondary N) is 3. The molecule has 0 bridgehead atoms. The molecule has 0 spiro atoms. The molecule has 0 aromatic carbocycles. The molecular weight excluding hydrogens is 420 g/mol. The molecular formula is C23H26N8O2. The average molecular weight is 447 g/mol. The van der Waals surface area contributed by atoms with Crippen LogP contribution in [0.4, 0.5) is 17.3 Å². The van der Waals surface area contributed by atoms with E-state index in [0.717, 1.165) is 11.1 Å². The Morgan fingerprint density at radius 1 is 1.15 bits per heavy atom. The Morgan fingerprint density at radius 3 is 2.73 bits per heavy atom. The number of hydrogen-bond donors (Lipinski definition) is 4. The van der Waals surface area contributed by atoms with Crippen LogP contribution in [0.1, 0.15) is 26.3 Å². The Hall–Kier alpha value is -3.89. The van der Waals surface area contributed by atoms with Gasteiger partial charge in [0.15, 0.2) is 5.82 Å². The van der Waals surface area contributed by atoms with Gasteiger partial charge in [0.25, 0.3) is 0 Å². The monoisotopic (exact) mass is 446 g/mol. The molecule has 0 fully saturated rings. The highest BCUT2D eigenvalue weighted by Crippen LogP contribution is 2.26. The molecule has 4 aromatic rings. The minimum Gasteiger partial charge on any atom is -0.389 e. The molecule has 0 radical (unpaired) electrons. The summed E-state index contributed by atoms with van der Waals surface area (Å²) in [4.78, 5) is 24.7. The Labute approximate surface area is 191 Å². The standard InChI is InChI=1S/C23H26N8O2/c1-15(32)27-19-12-17(7-10-26-19)28-22-20-16(13-24-14-23(2,3)33)8-11-31(20)30-21(29-22)18-6-4-5-9-25-18/h4-12,24,33H,13-14H2,1-3H3,(H2,26,27,28,29,30,32). The number of rotatable bonds is 8. The van der Waals surface area contributed by atoms with Crippen LogP contribution in [0.5, 0.6) is 0 Å². The third-order valence-electron chi connectivity index (χ3n) is 4.69. The predicted molar refractivity (Wildman–Crippen MR) is 126 cm³/mol. The van der Waals surface area contributed by atoms with Crippen LogP contribution in [-0.2, 0) is 11.3 Å². The second-order valence-electron chi connectivity index (χ2n) is 8.29. The molecule has 0 unspecified atom stereocenters. The fourth-order valence-corrected chi connectivity index (χ4v) is 3.32. The summed E-state index contributed by atoms with van der Waals surface area (Å²) in [6, 6.07) is 11.1. The van der Waals surface area contributed by atoms with Crippen LogP contribution in [0.25, 0.3) is 17.0 Å². The third-order valence-corrected chi connectivity index (χ3v) is 4.69. The molecule has 4 aromatic heterocycles. The van der Waals surface area contributed by atoms with Crippen LogP contribution in [0.3, 0.4) is 0 Å². The van der Waals surface area contributed by atoms with Crippen molar-refractivity contribution in [1.29, 1.82) is 0 Å². The van der Waals surface area contributed by atoms with E-state index in [4.69, 9.17) is 4.98 Å². The van der Waals surface area contributed by atoms with E-state index in [1.165, 1.54) is 6.92 Å². The van der Waals surface area contributed by atoms with Crippen molar-refractivity contribution in [2.45, 2.75) is 32.9 Å². The first-order valence-electron chi connectivity index (χ1n) is 10.5. The molecule has 0 saturated carbocycles. The van der Waals surface area contributed by atoms with Gasteiger partial charge in [0.2, 0.25) is 11.7 Å². The summed E-state index contributed by atoms with van der Waals surface area (Å²) >= 11 is 0. The summed E-state index contributed by atoms with van der Waals surface area (Å²) in [5, 5.41) is 23.9. The largest absolute Gasteiger partial charge is 0.389 e. The summed E-state index contributed by atoms with van der Waals surface area (Å²) < 4.78 is 1.76. The van der Waals surface area contributed by atoms with Gasteiger partial charge >= 0.3 is 0 Å². The van der Waals surface area contributed by atoms with Crippen LogP contribution >= 0.6 is 0 Å². The number of amides is 1. The molecule has 0 atom stereocenters. The van der Waals surface area contributed by atoms with Crippen molar-refractivity contribution in [1.82, 2.24) is 29.9 Å². The normalized spacial score (nSPS) is 11.5. The van der Waals surface area contributed by atoms with Gasteiger partial charge in [-0.15, -0.1) is 5.10 Å². The van der Waals surface area contributed by atoms with E-state index in [1.54, 1.807) is 42.9 Å². The van der Waals surface area contributed by atoms with Crippen molar-refractivity contribution in [3.8, 4) is 11.5 Å². The maximum Gasteiger partial charge on any atom is 0.222 e. The van der Waals surface area contributed by atoms with Crippen molar-refractivity contribution in [3.63, 3.8) is 0 Å². The lowest BCUT2D eigenvalue weighted by Gasteiger charge is -2.17. The van der Waals surface area contributed by atoms with Gasteiger partial charge in [-0.25, -0.2) is 14.5 Å². The van der Waals surface area contributed by atoms with Gasteiger partial charge in [-0.05, 0) is 43.7 Å². The lowest BCUT2D eigenvalue weighted by atomic mass is 10.1. The topological polar surface area (TPSA) is 129 Å². The quantitative estimate of drug-likeness (QED) is 0.325. The molecule has 33 heavy (non-hydrogen) atoms. The molecule has 1 amide bonds. The lowest BCUT2D eigenvalue weighted by molar-refractivity contribution is -0.114. The number of anilines is 3. The minimum atomic E-state index is -0.823. The van der Waals surface area contributed by atoms with Gasteiger partial charge < -0.3 is 21.1 Å². The summed E-state index contributed by atoms with van der Waals surface area (Å²) in [5.41, 5.74) is 2.28. The zero-order valence-corrected chi connectivity index (χ0v) is 18.7. The van der Waals surface area contributed by atoms with Crippen molar-refractivity contribution >= 4 is 28.7 Å². The van der Waals surface area contributed by atoms with E-state index in [9.17, 15) is 9.90 Å². The Bertz CT molecular complexity index is 1260. The number of carbonyl (C=O) groups is 1. The number of hydrogen-bond acceptors (Lipinski definition) is 8. The van der Waals surface area contributed by atoms with Crippen molar-refractivity contribution < 1.29 is 9.90 Å². The molecule has 4 heterocycles. The van der Waals surface area contributed by atoms with E-state index in [-0.39, 0.29) is 5.91 Å². The first-order valence-corrected chi connectivity index (χ1v) is 10.5. The molecule has 10 nitrogen and oxygen atoms in total. The van der Waals surface area contributed by atoms with Gasteiger partial charge in [0, 0.05) is 50.4 Å². The summed E-state index contributed by atoms with van der Waals surface area (Å²) in [5.74, 6) is 1.28. The number of fused-ring (bicyclic) bond motifs is 1. The summed E-state index contributed by atoms with van der Waals surface area (Å²) in [6.07, 6.45) is 5.17. The number of pyridine rings is 2. The second-order valence-corrected chi connectivity index (χ2v) is 8.29. The van der Waals surface area contributed by atoms with Gasteiger partial charge in [0.05, 0.1) is 5.60 Å². The van der Waals surface area contributed by atoms with Crippen LogP contribution in [0.15, 0.2) is 55.0 Å². The van der Waals surface area contributed by atoms with Crippen molar-refractivity contribution in [2.75, 3.05) is 17.2 Å². The maximum absolute atomic E-state index is 11.4. The summed E-state index contributed by atoms with van der Waals surface area (Å²) in [7, 11) is 0. The lowest BCUT2D eigenvalue weighted by Crippen LogP contribution is -2.34. The molecule has 0 aliphatic carbocycles. The fraction of sp³-hybridized carbons (Fsp3) is 0.261. The first-order chi connectivity index (χ1) is 15.8. The van der Waals surface area contributed by atoms with E-state index in [2.05, 4.69) is 31.0 Å². The smallest absolute Gasteiger partial charge is 0.222 e. The highest BCUT2D eigenvalue weighted by Gasteiger charge is 2.17.